The third kappa shape index (κ3) is 8.14. The topological polar surface area (TPSA) is 75.7 Å². The number of para-hydroxylation sites is 1. The molecule has 1 amide bonds. The minimum absolute atomic E-state index is 0.277. The quantitative estimate of drug-likeness (QED) is 0.403. The number of nitrogens with one attached hydrogen (secondary N) is 1. The Labute approximate surface area is 200 Å². The number of thioether (sulfide) groups is 1. The lowest BCUT2D eigenvalue weighted by molar-refractivity contribution is -0.119. The van der Waals surface area contributed by atoms with Gasteiger partial charge in [0.1, 0.15) is 18.0 Å². The first-order valence-corrected chi connectivity index (χ1v) is 13.5. The van der Waals surface area contributed by atoms with Crippen molar-refractivity contribution in [2.24, 2.45) is 0 Å². The molecule has 3 rings (SSSR count). The van der Waals surface area contributed by atoms with Crippen molar-refractivity contribution in [3.63, 3.8) is 0 Å². The summed E-state index contributed by atoms with van der Waals surface area (Å²) in [5.41, 5.74) is 2.87. The van der Waals surface area contributed by atoms with E-state index in [4.69, 9.17) is 4.74 Å². The molecule has 33 heavy (non-hydrogen) atoms. The van der Waals surface area contributed by atoms with Gasteiger partial charge in [0.15, 0.2) is 0 Å². The van der Waals surface area contributed by atoms with Gasteiger partial charge in [-0.05, 0) is 48.9 Å². The Balaban J connectivity index is 1.50. The van der Waals surface area contributed by atoms with Gasteiger partial charge in [-0.2, -0.15) is 11.8 Å². The van der Waals surface area contributed by atoms with E-state index in [0.717, 1.165) is 22.1 Å². The van der Waals surface area contributed by atoms with Gasteiger partial charge in [-0.3, -0.25) is 9.10 Å². The van der Waals surface area contributed by atoms with Crippen LogP contribution in [0.2, 0.25) is 0 Å². The average Bonchev–Trinajstić information content (AvgIpc) is 2.79. The zero-order chi connectivity index (χ0) is 23.7. The Hall–Kier alpha value is -2.97. The van der Waals surface area contributed by atoms with E-state index in [2.05, 4.69) is 36.5 Å². The fourth-order valence-corrected chi connectivity index (χ4v) is 4.70. The lowest BCUT2D eigenvalue weighted by Gasteiger charge is -2.22. The van der Waals surface area contributed by atoms with Crippen molar-refractivity contribution in [2.75, 3.05) is 29.4 Å². The van der Waals surface area contributed by atoms with Crippen molar-refractivity contribution < 1.29 is 17.9 Å². The third-order valence-electron chi connectivity index (χ3n) is 4.75. The molecule has 8 heteroatoms. The highest BCUT2D eigenvalue weighted by Gasteiger charge is 2.20. The monoisotopic (exact) mass is 484 g/mol. The lowest BCUT2D eigenvalue weighted by Crippen LogP contribution is -2.41. The van der Waals surface area contributed by atoms with Crippen molar-refractivity contribution in [1.29, 1.82) is 0 Å². The SMILES string of the molecule is Cc1ccc(CSCCNC(=O)CN(c2ccc(Oc3ccccc3)cc2)S(C)(=O)=O)cc1. The molecule has 0 heterocycles. The van der Waals surface area contributed by atoms with Crippen LogP contribution >= 0.6 is 11.8 Å². The van der Waals surface area contributed by atoms with Crippen molar-refractivity contribution in [2.45, 2.75) is 12.7 Å². The Morgan fingerprint density at radius 3 is 2.21 bits per heavy atom. The first-order chi connectivity index (χ1) is 15.8. The highest BCUT2D eigenvalue weighted by Crippen LogP contribution is 2.25. The smallest absolute Gasteiger partial charge is 0.240 e. The molecule has 0 aliphatic heterocycles. The summed E-state index contributed by atoms with van der Waals surface area (Å²) < 4.78 is 31.5. The zero-order valence-corrected chi connectivity index (χ0v) is 20.4. The van der Waals surface area contributed by atoms with Crippen molar-refractivity contribution in [1.82, 2.24) is 5.32 Å². The van der Waals surface area contributed by atoms with Crippen LogP contribution in [0.1, 0.15) is 11.1 Å². The van der Waals surface area contributed by atoms with Gasteiger partial charge in [-0.25, -0.2) is 8.42 Å². The van der Waals surface area contributed by atoms with Crippen molar-refractivity contribution in [3.8, 4) is 11.5 Å². The van der Waals surface area contributed by atoms with E-state index in [9.17, 15) is 13.2 Å². The van der Waals surface area contributed by atoms with Gasteiger partial charge in [0.25, 0.3) is 0 Å². The molecular weight excluding hydrogens is 456 g/mol. The molecular formula is C25H28N2O4S2. The highest BCUT2D eigenvalue weighted by molar-refractivity contribution is 7.98. The summed E-state index contributed by atoms with van der Waals surface area (Å²) in [7, 11) is -3.63. The molecule has 0 aromatic heterocycles. The minimum atomic E-state index is -3.63. The number of amides is 1. The van der Waals surface area contributed by atoms with Crippen molar-refractivity contribution in [3.05, 3.63) is 90.0 Å². The zero-order valence-electron chi connectivity index (χ0n) is 18.7. The van der Waals surface area contributed by atoms with Crippen LogP contribution in [0.3, 0.4) is 0 Å². The molecule has 0 atom stereocenters. The fourth-order valence-electron chi connectivity index (χ4n) is 3.03. The van der Waals surface area contributed by atoms with E-state index in [1.165, 1.54) is 11.1 Å². The van der Waals surface area contributed by atoms with Crippen molar-refractivity contribution >= 4 is 33.4 Å². The standard InChI is InChI=1S/C25H28N2O4S2/c1-20-8-10-21(11-9-20)19-32-17-16-26-25(28)18-27(33(2,29)30)22-12-14-24(15-13-22)31-23-6-4-3-5-7-23/h3-15H,16-19H2,1-2H3,(H,26,28). The predicted molar refractivity (Wildman–Crippen MR) is 135 cm³/mol. The summed E-state index contributed by atoms with van der Waals surface area (Å²) in [5, 5.41) is 2.80. The molecule has 0 saturated heterocycles. The molecule has 174 valence electrons. The Morgan fingerprint density at radius 2 is 1.58 bits per heavy atom. The molecule has 0 aliphatic carbocycles. The van der Waals surface area contributed by atoms with Gasteiger partial charge in [0, 0.05) is 18.1 Å². The maximum atomic E-state index is 12.4. The number of rotatable bonds is 11. The van der Waals surface area contributed by atoms with Crippen LogP contribution in [-0.2, 0) is 20.6 Å². The fraction of sp³-hybridized carbons (Fsp3) is 0.240. The first kappa shape index (κ1) is 24.7. The number of nitrogens with zero attached hydrogens (tertiary/aromatic N) is 1. The first-order valence-electron chi connectivity index (χ1n) is 10.5. The number of carbonyl (C=O) groups excluding carboxylic acids is 1. The minimum Gasteiger partial charge on any atom is -0.457 e. The Morgan fingerprint density at radius 1 is 0.939 bits per heavy atom. The number of anilines is 1. The number of sulfonamides is 1. The van der Waals surface area contributed by atoms with E-state index in [1.807, 2.05) is 30.3 Å². The van der Waals surface area contributed by atoms with Crippen LogP contribution in [-0.4, -0.2) is 39.4 Å². The number of aryl methyl sites for hydroxylation is 1. The molecule has 0 radical (unpaired) electrons. The number of hydrogen-bond donors (Lipinski definition) is 1. The summed E-state index contributed by atoms with van der Waals surface area (Å²) in [6.45, 7) is 2.25. The number of hydrogen-bond acceptors (Lipinski definition) is 5. The van der Waals surface area contributed by atoms with E-state index >= 15 is 0 Å². The van der Waals surface area contributed by atoms with Gasteiger partial charge < -0.3 is 10.1 Å². The summed E-state index contributed by atoms with van der Waals surface area (Å²) in [5.74, 6) is 2.52. The second-order valence-electron chi connectivity index (χ2n) is 7.57. The summed E-state index contributed by atoms with van der Waals surface area (Å²) in [4.78, 5) is 12.4. The van der Waals surface area contributed by atoms with E-state index in [0.29, 0.717) is 23.7 Å². The maximum Gasteiger partial charge on any atom is 0.240 e. The molecule has 0 bridgehead atoms. The molecule has 1 N–H and O–H groups in total. The lowest BCUT2D eigenvalue weighted by atomic mass is 10.2. The molecule has 3 aromatic carbocycles. The normalized spacial score (nSPS) is 11.1. The molecule has 0 fully saturated rings. The van der Waals surface area contributed by atoms with Crippen LogP contribution < -0.4 is 14.4 Å². The Bertz CT molecular complexity index is 1130. The summed E-state index contributed by atoms with van der Waals surface area (Å²) in [6, 6.07) is 24.3. The average molecular weight is 485 g/mol. The van der Waals surface area contributed by atoms with Crippen LogP contribution in [0, 0.1) is 6.92 Å². The second-order valence-corrected chi connectivity index (χ2v) is 10.6. The molecule has 0 saturated carbocycles. The van der Waals surface area contributed by atoms with Gasteiger partial charge >= 0.3 is 0 Å². The van der Waals surface area contributed by atoms with Crippen LogP contribution in [0.25, 0.3) is 0 Å². The molecule has 3 aromatic rings. The molecule has 6 nitrogen and oxygen atoms in total. The van der Waals surface area contributed by atoms with Gasteiger partial charge in [0.2, 0.25) is 15.9 Å². The van der Waals surface area contributed by atoms with E-state index in [1.54, 1.807) is 36.0 Å². The van der Waals surface area contributed by atoms with Gasteiger partial charge in [-0.1, -0.05) is 48.0 Å². The van der Waals surface area contributed by atoms with Crippen LogP contribution in [0.4, 0.5) is 5.69 Å². The third-order valence-corrected chi connectivity index (χ3v) is 6.92. The molecule has 0 spiro atoms. The molecule has 0 aliphatic rings. The van der Waals surface area contributed by atoms with E-state index < -0.39 is 10.0 Å². The second kappa shape index (κ2) is 11.8. The number of ether oxygens (including phenoxy) is 1. The largest absolute Gasteiger partial charge is 0.457 e. The Kier molecular flexibility index (Phi) is 8.79. The molecule has 0 unspecified atom stereocenters. The van der Waals surface area contributed by atoms with Gasteiger partial charge in [-0.15, -0.1) is 0 Å². The summed E-state index contributed by atoms with van der Waals surface area (Å²) in [6.07, 6.45) is 1.09. The maximum absolute atomic E-state index is 12.4. The van der Waals surface area contributed by atoms with Gasteiger partial charge in [0.05, 0.1) is 11.9 Å². The predicted octanol–water partition coefficient (Wildman–Crippen LogP) is 4.60. The van der Waals surface area contributed by atoms with Crippen LogP contribution in [0.5, 0.6) is 11.5 Å². The van der Waals surface area contributed by atoms with Crippen LogP contribution in [0.15, 0.2) is 78.9 Å². The van der Waals surface area contributed by atoms with E-state index in [-0.39, 0.29) is 12.5 Å². The number of benzene rings is 3. The summed E-state index contributed by atoms with van der Waals surface area (Å²) >= 11 is 1.72. The highest BCUT2D eigenvalue weighted by atomic mass is 32.2. The number of carbonyl (C=O) groups is 1.